The highest BCUT2D eigenvalue weighted by atomic mass is 16.6. The van der Waals surface area contributed by atoms with Gasteiger partial charge in [-0.3, -0.25) is 0 Å². The van der Waals surface area contributed by atoms with Gasteiger partial charge in [0, 0.05) is 5.56 Å². The van der Waals surface area contributed by atoms with Gasteiger partial charge in [-0.05, 0) is 52.0 Å². The molecule has 124 valence electrons. The van der Waals surface area contributed by atoms with Gasteiger partial charge in [0.2, 0.25) is 11.7 Å². The lowest BCUT2D eigenvalue weighted by Crippen LogP contribution is -2.34. The van der Waals surface area contributed by atoms with Gasteiger partial charge < -0.3 is 19.3 Å². The second-order valence-corrected chi connectivity index (χ2v) is 6.05. The third-order valence-corrected chi connectivity index (χ3v) is 2.89. The number of amides is 1. The van der Waals surface area contributed by atoms with E-state index in [0.29, 0.717) is 11.7 Å². The number of rotatable bonds is 4. The SMILES string of the molecule is COc1ccc(-c2noc([C@H](C)NC(=O)OC(C)(C)C)n2)cc1. The van der Waals surface area contributed by atoms with Crippen molar-refractivity contribution in [3.8, 4) is 17.1 Å². The fraction of sp³-hybridized carbons (Fsp3) is 0.438. The van der Waals surface area contributed by atoms with Crippen molar-refractivity contribution in [2.24, 2.45) is 0 Å². The van der Waals surface area contributed by atoms with Crippen LogP contribution in [0.15, 0.2) is 28.8 Å². The van der Waals surface area contributed by atoms with E-state index in [4.69, 9.17) is 14.0 Å². The number of carbonyl (C=O) groups is 1. The summed E-state index contributed by atoms with van der Waals surface area (Å²) in [5, 5.41) is 6.58. The van der Waals surface area contributed by atoms with Crippen LogP contribution in [-0.2, 0) is 4.74 Å². The molecular weight excluding hydrogens is 298 g/mol. The minimum atomic E-state index is -0.563. The lowest BCUT2D eigenvalue weighted by Gasteiger charge is -2.20. The van der Waals surface area contributed by atoms with Gasteiger partial charge in [-0.1, -0.05) is 5.16 Å². The van der Waals surface area contributed by atoms with Crippen molar-refractivity contribution < 1.29 is 18.8 Å². The summed E-state index contributed by atoms with van der Waals surface area (Å²) in [5.74, 6) is 1.50. The molecule has 1 aromatic carbocycles. The highest BCUT2D eigenvalue weighted by molar-refractivity contribution is 5.68. The van der Waals surface area contributed by atoms with Gasteiger partial charge >= 0.3 is 6.09 Å². The molecule has 23 heavy (non-hydrogen) atoms. The summed E-state index contributed by atoms with van der Waals surface area (Å²) in [4.78, 5) is 16.0. The Kier molecular flexibility index (Phi) is 4.88. The van der Waals surface area contributed by atoms with Crippen molar-refractivity contribution in [2.45, 2.75) is 39.3 Å². The standard InChI is InChI=1S/C16H21N3O4/c1-10(17-15(20)22-16(2,3)4)14-18-13(19-23-14)11-6-8-12(21-5)9-7-11/h6-10H,1-5H3,(H,17,20)/t10-/m0/s1. The minimum Gasteiger partial charge on any atom is -0.497 e. The maximum atomic E-state index is 11.8. The Balaban J connectivity index is 2.04. The first-order valence-electron chi connectivity index (χ1n) is 7.26. The van der Waals surface area contributed by atoms with Crippen molar-refractivity contribution in [2.75, 3.05) is 7.11 Å². The van der Waals surface area contributed by atoms with Crippen LogP contribution < -0.4 is 10.1 Å². The quantitative estimate of drug-likeness (QED) is 0.930. The molecule has 1 heterocycles. The number of nitrogens with zero attached hydrogens (tertiary/aromatic N) is 2. The first-order chi connectivity index (χ1) is 10.8. The van der Waals surface area contributed by atoms with Crippen LogP contribution in [0.1, 0.15) is 39.6 Å². The van der Waals surface area contributed by atoms with Crippen LogP contribution in [0.5, 0.6) is 5.75 Å². The van der Waals surface area contributed by atoms with Crippen LogP contribution in [0.2, 0.25) is 0 Å². The Bertz CT molecular complexity index is 659. The molecule has 0 saturated carbocycles. The molecule has 0 saturated heterocycles. The summed E-state index contributed by atoms with van der Waals surface area (Å²) >= 11 is 0. The number of ether oxygens (including phenoxy) is 2. The largest absolute Gasteiger partial charge is 0.497 e. The third kappa shape index (κ3) is 4.70. The van der Waals surface area contributed by atoms with Crippen LogP contribution in [-0.4, -0.2) is 28.9 Å². The van der Waals surface area contributed by atoms with E-state index in [-0.39, 0.29) is 0 Å². The van der Waals surface area contributed by atoms with Crippen molar-refractivity contribution in [1.82, 2.24) is 15.5 Å². The van der Waals surface area contributed by atoms with Crippen molar-refractivity contribution >= 4 is 6.09 Å². The second-order valence-electron chi connectivity index (χ2n) is 6.05. The molecule has 0 aliphatic rings. The second kappa shape index (κ2) is 6.68. The number of benzene rings is 1. The maximum Gasteiger partial charge on any atom is 0.408 e. The molecule has 1 amide bonds. The first kappa shape index (κ1) is 16.8. The molecule has 0 aliphatic heterocycles. The van der Waals surface area contributed by atoms with Gasteiger partial charge in [-0.15, -0.1) is 0 Å². The molecule has 1 N–H and O–H groups in total. The van der Waals surface area contributed by atoms with Crippen molar-refractivity contribution in [3.63, 3.8) is 0 Å². The Morgan fingerprint density at radius 1 is 1.26 bits per heavy atom. The van der Waals surface area contributed by atoms with E-state index in [1.807, 2.05) is 24.3 Å². The third-order valence-electron chi connectivity index (χ3n) is 2.89. The number of nitrogens with one attached hydrogen (secondary N) is 1. The fourth-order valence-electron chi connectivity index (χ4n) is 1.81. The number of carbonyl (C=O) groups excluding carboxylic acids is 1. The number of methoxy groups -OCH3 is 1. The molecule has 0 fully saturated rings. The van der Waals surface area contributed by atoms with Gasteiger partial charge in [0.15, 0.2) is 0 Å². The summed E-state index contributed by atoms with van der Waals surface area (Å²) in [6.45, 7) is 7.14. The lowest BCUT2D eigenvalue weighted by atomic mass is 10.2. The topological polar surface area (TPSA) is 86.5 Å². The predicted octanol–water partition coefficient (Wildman–Crippen LogP) is 3.33. The number of hydrogen-bond acceptors (Lipinski definition) is 6. The molecule has 0 spiro atoms. The molecule has 1 atom stereocenters. The normalized spacial score (nSPS) is 12.6. The van der Waals surface area contributed by atoms with Crippen molar-refractivity contribution in [3.05, 3.63) is 30.2 Å². The molecule has 0 aliphatic carbocycles. The smallest absolute Gasteiger partial charge is 0.408 e. The summed E-state index contributed by atoms with van der Waals surface area (Å²) in [6.07, 6.45) is -0.533. The fourth-order valence-corrected chi connectivity index (χ4v) is 1.81. The number of aromatic nitrogens is 2. The van der Waals surface area contributed by atoms with Crippen LogP contribution in [0.3, 0.4) is 0 Å². The van der Waals surface area contributed by atoms with Gasteiger partial charge in [-0.25, -0.2) is 4.79 Å². The first-order valence-corrected chi connectivity index (χ1v) is 7.26. The van der Waals surface area contributed by atoms with E-state index in [9.17, 15) is 4.79 Å². The average molecular weight is 319 g/mol. The van der Waals surface area contributed by atoms with Crippen LogP contribution in [0, 0.1) is 0 Å². The van der Waals surface area contributed by atoms with Gasteiger partial charge in [0.25, 0.3) is 0 Å². The molecule has 7 nitrogen and oxygen atoms in total. The van der Waals surface area contributed by atoms with E-state index in [1.54, 1.807) is 34.8 Å². The summed E-state index contributed by atoms with van der Waals surface area (Å²) in [6, 6.07) is 6.84. The van der Waals surface area contributed by atoms with E-state index in [2.05, 4.69) is 15.5 Å². The van der Waals surface area contributed by atoms with E-state index < -0.39 is 17.7 Å². The maximum absolute atomic E-state index is 11.8. The zero-order chi connectivity index (χ0) is 17.0. The summed E-state index contributed by atoms with van der Waals surface area (Å²) < 4.78 is 15.5. The van der Waals surface area contributed by atoms with Gasteiger partial charge in [0.1, 0.15) is 17.4 Å². The molecule has 0 radical (unpaired) electrons. The molecule has 2 rings (SSSR count). The van der Waals surface area contributed by atoms with E-state index in [0.717, 1.165) is 11.3 Å². The van der Waals surface area contributed by atoms with Gasteiger partial charge in [0.05, 0.1) is 7.11 Å². The average Bonchev–Trinajstić information content (AvgIpc) is 2.95. The molecule has 0 unspecified atom stereocenters. The Morgan fingerprint density at radius 2 is 1.91 bits per heavy atom. The molecule has 2 aromatic rings. The highest BCUT2D eigenvalue weighted by Gasteiger charge is 2.21. The monoisotopic (exact) mass is 319 g/mol. The minimum absolute atomic E-state index is 0.307. The highest BCUT2D eigenvalue weighted by Crippen LogP contribution is 2.21. The Labute approximate surface area is 135 Å². The van der Waals surface area contributed by atoms with E-state index >= 15 is 0 Å². The zero-order valence-corrected chi connectivity index (χ0v) is 13.9. The Morgan fingerprint density at radius 3 is 2.48 bits per heavy atom. The van der Waals surface area contributed by atoms with E-state index in [1.165, 1.54) is 0 Å². The molecular formula is C16H21N3O4. The van der Waals surface area contributed by atoms with Crippen LogP contribution >= 0.6 is 0 Å². The zero-order valence-electron chi connectivity index (χ0n) is 13.9. The molecule has 1 aromatic heterocycles. The summed E-state index contributed by atoms with van der Waals surface area (Å²) in [5.41, 5.74) is 0.234. The Hall–Kier alpha value is -2.57. The van der Waals surface area contributed by atoms with Crippen LogP contribution in [0.25, 0.3) is 11.4 Å². The number of hydrogen-bond donors (Lipinski definition) is 1. The lowest BCUT2D eigenvalue weighted by molar-refractivity contribution is 0.0499. The predicted molar refractivity (Wildman–Crippen MR) is 84.1 cm³/mol. The molecule has 0 bridgehead atoms. The van der Waals surface area contributed by atoms with Gasteiger partial charge in [-0.2, -0.15) is 4.98 Å². The number of alkyl carbamates (subject to hydrolysis) is 1. The van der Waals surface area contributed by atoms with Crippen LogP contribution in [0.4, 0.5) is 4.79 Å². The molecule has 7 heteroatoms. The van der Waals surface area contributed by atoms with Crippen molar-refractivity contribution in [1.29, 1.82) is 0 Å². The summed E-state index contributed by atoms with van der Waals surface area (Å²) in [7, 11) is 1.60.